The number of nitrogens with two attached hydrogens (primary N) is 1. The van der Waals surface area contributed by atoms with Crippen LogP contribution in [0.15, 0.2) is 35.9 Å². The molecule has 112 valence electrons. The summed E-state index contributed by atoms with van der Waals surface area (Å²) in [4.78, 5) is 22.7. The minimum Gasteiger partial charge on any atom is -0.480 e. The van der Waals surface area contributed by atoms with Gasteiger partial charge in [-0.2, -0.15) is 0 Å². The van der Waals surface area contributed by atoms with Crippen LogP contribution in [0.1, 0.15) is 18.4 Å². The number of hydrogen-bond donors (Lipinski definition) is 4. The number of aliphatic hydroxyl groups is 1. The van der Waals surface area contributed by atoms with Crippen LogP contribution in [-0.4, -0.2) is 34.2 Å². The van der Waals surface area contributed by atoms with Crippen LogP contribution in [0.5, 0.6) is 0 Å². The van der Waals surface area contributed by atoms with E-state index in [1.54, 1.807) is 30.3 Å². The first-order chi connectivity index (χ1) is 9.95. The molecule has 0 spiro atoms. The Morgan fingerprint density at radius 1 is 1.43 bits per heavy atom. The van der Waals surface area contributed by atoms with E-state index in [0.29, 0.717) is 24.1 Å². The van der Waals surface area contributed by atoms with Gasteiger partial charge in [-0.15, -0.1) is 0 Å². The highest BCUT2D eigenvalue weighted by atomic mass is 16.4. The Bertz CT molecular complexity index is 583. The molecular weight excluding hydrogens is 272 g/mol. The number of amides is 1. The zero-order valence-corrected chi connectivity index (χ0v) is 11.5. The van der Waals surface area contributed by atoms with Crippen molar-refractivity contribution in [3.8, 4) is 0 Å². The molecule has 6 heteroatoms. The number of carbonyl (C=O) groups is 2. The molecule has 6 nitrogen and oxygen atoms in total. The van der Waals surface area contributed by atoms with Gasteiger partial charge in [0.25, 0.3) is 5.91 Å². The van der Waals surface area contributed by atoms with Crippen molar-refractivity contribution >= 4 is 17.6 Å². The maximum absolute atomic E-state index is 12.0. The molecule has 21 heavy (non-hydrogen) atoms. The monoisotopic (exact) mass is 290 g/mol. The SMILES string of the molecule is N[C@@H](Cc1cccc(NC(=O)C2=CC(O)CC2)c1)C(=O)O. The number of carbonyl (C=O) groups excluding carboxylic acids is 1. The smallest absolute Gasteiger partial charge is 0.320 e. The number of anilines is 1. The van der Waals surface area contributed by atoms with Gasteiger partial charge in [0, 0.05) is 11.3 Å². The third-order valence-electron chi connectivity index (χ3n) is 3.35. The molecule has 1 aromatic carbocycles. The molecule has 5 N–H and O–H groups in total. The predicted molar refractivity (Wildman–Crippen MR) is 77.7 cm³/mol. The summed E-state index contributed by atoms with van der Waals surface area (Å²) in [6, 6.07) is 5.95. The highest BCUT2D eigenvalue weighted by molar-refractivity contribution is 6.04. The Labute approximate surface area is 122 Å². The van der Waals surface area contributed by atoms with E-state index in [1.807, 2.05) is 0 Å². The lowest BCUT2D eigenvalue weighted by Crippen LogP contribution is -2.32. The van der Waals surface area contributed by atoms with Gasteiger partial charge in [0.2, 0.25) is 0 Å². The van der Waals surface area contributed by atoms with E-state index >= 15 is 0 Å². The minimum atomic E-state index is -1.06. The van der Waals surface area contributed by atoms with E-state index in [4.69, 9.17) is 10.8 Å². The van der Waals surface area contributed by atoms with E-state index in [1.165, 1.54) is 0 Å². The molecule has 0 aliphatic heterocycles. The normalized spacial score (nSPS) is 19.0. The van der Waals surface area contributed by atoms with Gasteiger partial charge in [-0.1, -0.05) is 12.1 Å². The molecular formula is C15H18N2O4. The summed E-state index contributed by atoms with van der Waals surface area (Å²) < 4.78 is 0. The lowest BCUT2D eigenvalue weighted by atomic mass is 10.1. The third kappa shape index (κ3) is 4.14. The summed E-state index contributed by atoms with van der Waals surface area (Å²) >= 11 is 0. The molecule has 1 aliphatic rings. The predicted octanol–water partition coefficient (Wildman–Crippen LogP) is 0.661. The van der Waals surface area contributed by atoms with Crippen LogP contribution in [0, 0.1) is 0 Å². The van der Waals surface area contributed by atoms with Crippen LogP contribution in [0.3, 0.4) is 0 Å². The third-order valence-corrected chi connectivity index (χ3v) is 3.35. The maximum atomic E-state index is 12.0. The molecule has 1 unspecified atom stereocenters. The largest absolute Gasteiger partial charge is 0.480 e. The highest BCUT2D eigenvalue weighted by Gasteiger charge is 2.19. The van der Waals surface area contributed by atoms with Crippen molar-refractivity contribution in [1.82, 2.24) is 0 Å². The Balaban J connectivity index is 2.02. The molecule has 0 saturated heterocycles. The van der Waals surface area contributed by atoms with Crippen LogP contribution in [-0.2, 0) is 16.0 Å². The van der Waals surface area contributed by atoms with Gasteiger partial charge in [-0.3, -0.25) is 9.59 Å². The number of carboxylic acid groups (broad SMARTS) is 1. The zero-order chi connectivity index (χ0) is 15.4. The molecule has 2 rings (SSSR count). The summed E-state index contributed by atoms with van der Waals surface area (Å²) in [6.45, 7) is 0. The molecule has 1 amide bonds. The van der Waals surface area contributed by atoms with Gasteiger partial charge in [-0.05, 0) is 43.0 Å². The molecule has 0 radical (unpaired) electrons. The van der Waals surface area contributed by atoms with Crippen LogP contribution in [0.25, 0.3) is 0 Å². The first kappa shape index (κ1) is 15.2. The summed E-state index contributed by atoms with van der Waals surface area (Å²) in [5.41, 5.74) is 7.38. The van der Waals surface area contributed by atoms with E-state index in [9.17, 15) is 14.7 Å². The topological polar surface area (TPSA) is 113 Å². The van der Waals surface area contributed by atoms with Gasteiger partial charge in [0.15, 0.2) is 0 Å². The van der Waals surface area contributed by atoms with Gasteiger partial charge in [-0.25, -0.2) is 0 Å². The summed E-state index contributed by atoms with van der Waals surface area (Å²) in [7, 11) is 0. The molecule has 0 heterocycles. The average molecular weight is 290 g/mol. The molecule has 2 atom stereocenters. The number of hydrogen-bond acceptors (Lipinski definition) is 4. The quantitative estimate of drug-likeness (QED) is 0.636. The number of nitrogens with one attached hydrogen (secondary N) is 1. The number of aliphatic carboxylic acids is 1. The molecule has 0 saturated carbocycles. The van der Waals surface area contributed by atoms with Gasteiger partial charge >= 0.3 is 5.97 Å². The maximum Gasteiger partial charge on any atom is 0.320 e. The van der Waals surface area contributed by atoms with Crippen molar-refractivity contribution in [2.45, 2.75) is 31.4 Å². The first-order valence-corrected chi connectivity index (χ1v) is 6.73. The molecule has 0 aromatic heterocycles. The molecule has 1 aromatic rings. The first-order valence-electron chi connectivity index (χ1n) is 6.73. The van der Waals surface area contributed by atoms with Crippen LogP contribution < -0.4 is 11.1 Å². The fraction of sp³-hybridized carbons (Fsp3) is 0.333. The van der Waals surface area contributed by atoms with E-state index in [-0.39, 0.29) is 12.3 Å². The van der Waals surface area contributed by atoms with E-state index in [0.717, 1.165) is 5.56 Å². The summed E-state index contributed by atoms with van der Waals surface area (Å²) in [6.07, 6.45) is 2.32. The molecule has 0 bridgehead atoms. The Morgan fingerprint density at radius 3 is 2.81 bits per heavy atom. The number of aliphatic hydroxyl groups excluding tert-OH is 1. The van der Waals surface area contributed by atoms with Crippen LogP contribution in [0.4, 0.5) is 5.69 Å². The Hall–Kier alpha value is -2.18. The number of rotatable bonds is 5. The van der Waals surface area contributed by atoms with Gasteiger partial charge < -0.3 is 21.3 Å². The molecule has 0 fully saturated rings. The minimum absolute atomic E-state index is 0.195. The Kier molecular flexibility index (Phi) is 4.72. The second kappa shape index (κ2) is 6.51. The van der Waals surface area contributed by atoms with Gasteiger partial charge in [0.1, 0.15) is 6.04 Å². The van der Waals surface area contributed by atoms with Gasteiger partial charge in [0.05, 0.1) is 6.10 Å². The average Bonchev–Trinajstić information content (AvgIpc) is 2.86. The van der Waals surface area contributed by atoms with Crippen molar-refractivity contribution in [3.63, 3.8) is 0 Å². The fourth-order valence-corrected chi connectivity index (χ4v) is 2.22. The van der Waals surface area contributed by atoms with Crippen LogP contribution in [0.2, 0.25) is 0 Å². The van der Waals surface area contributed by atoms with E-state index < -0.39 is 18.1 Å². The second-order valence-electron chi connectivity index (χ2n) is 5.10. The van der Waals surface area contributed by atoms with Crippen molar-refractivity contribution in [1.29, 1.82) is 0 Å². The lowest BCUT2D eigenvalue weighted by Gasteiger charge is -2.10. The lowest BCUT2D eigenvalue weighted by molar-refractivity contribution is -0.138. The fourth-order valence-electron chi connectivity index (χ4n) is 2.22. The molecule has 1 aliphatic carbocycles. The summed E-state index contributed by atoms with van der Waals surface area (Å²) in [5.74, 6) is -1.30. The summed E-state index contributed by atoms with van der Waals surface area (Å²) in [5, 5.41) is 20.9. The van der Waals surface area contributed by atoms with Crippen LogP contribution >= 0.6 is 0 Å². The highest BCUT2D eigenvalue weighted by Crippen LogP contribution is 2.20. The van der Waals surface area contributed by atoms with Crippen molar-refractivity contribution in [2.75, 3.05) is 5.32 Å². The standard InChI is InChI=1S/C15H18N2O4/c16-13(15(20)21)7-9-2-1-3-11(6-9)17-14(19)10-4-5-12(18)8-10/h1-3,6,8,12-13,18H,4-5,7,16H2,(H,17,19)(H,20,21)/t12?,13-/m0/s1. The zero-order valence-electron chi connectivity index (χ0n) is 11.5. The Morgan fingerprint density at radius 2 is 2.19 bits per heavy atom. The second-order valence-corrected chi connectivity index (χ2v) is 5.10. The van der Waals surface area contributed by atoms with Crippen molar-refractivity contribution in [3.05, 3.63) is 41.5 Å². The number of carboxylic acids is 1. The van der Waals surface area contributed by atoms with Crippen molar-refractivity contribution < 1.29 is 19.8 Å². The van der Waals surface area contributed by atoms with Crippen molar-refractivity contribution in [2.24, 2.45) is 5.73 Å². The van der Waals surface area contributed by atoms with E-state index in [2.05, 4.69) is 5.32 Å². The number of benzene rings is 1.